The topological polar surface area (TPSA) is 78.1 Å². The number of carbonyl (C=O) groups excluding carboxylic acids is 1. The number of carbonyl (C=O) groups is 1. The highest BCUT2D eigenvalue weighted by atomic mass is 35.5. The summed E-state index contributed by atoms with van der Waals surface area (Å²) in [6.07, 6.45) is 3.58. The van der Waals surface area contributed by atoms with Crippen LogP contribution in [0.4, 0.5) is 0 Å². The summed E-state index contributed by atoms with van der Waals surface area (Å²) in [6.45, 7) is 0.495. The summed E-state index contributed by atoms with van der Waals surface area (Å²) >= 11 is 9.59. The van der Waals surface area contributed by atoms with Gasteiger partial charge in [0.2, 0.25) is 5.91 Å². The molecule has 1 aliphatic carbocycles. The first-order chi connectivity index (χ1) is 15.4. The number of nitrogens with zero attached hydrogens (tertiary/aromatic N) is 2. The minimum absolute atomic E-state index is 0.00277. The monoisotopic (exact) mass is 490 g/mol. The molecule has 1 amide bonds. The normalized spacial score (nSPS) is 14.1. The Morgan fingerprint density at radius 3 is 2.94 bits per heavy atom. The average Bonchev–Trinajstić information content (AvgIpc) is 3.33. The third-order valence-electron chi connectivity index (χ3n) is 5.72. The highest BCUT2D eigenvalue weighted by Crippen LogP contribution is 2.34. The van der Waals surface area contributed by atoms with Gasteiger partial charge in [-0.1, -0.05) is 29.8 Å². The smallest absolute Gasteiger partial charge is 0.259 e. The summed E-state index contributed by atoms with van der Waals surface area (Å²) in [6, 6.07) is 7.72. The lowest BCUT2D eigenvalue weighted by Gasteiger charge is -2.26. The number of thioether (sulfide) groups is 1. The molecule has 4 rings (SSSR count). The van der Waals surface area contributed by atoms with Crippen LogP contribution in [0.2, 0.25) is 5.02 Å². The maximum atomic E-state index is 12.5. The predicted molar refractivity (Wildman–Crippen MR) is 134 cm³/mol. The molecule has 2 N–H and O–H groups in total. The van der Waals surface area contributed by atoms with Gasteiger partial charge in [0.15, 0.2) is 0 Å². The van der Waals surface area contributed by atoms with Crippen molar-refractivity contribution in [1.82, 2.24) is 20.2 Å². The molecule has 2 heterocycles. The molecule has 32 heavy (non-hydrogen) atoms. The summed E-state index contributed by atoms with van der Waals surface area (Å²) in [4.78, 5) is 36.7. The molecule has 0 radical (unpaired) electrons. The molecule has 2 aromatic heterocycles. The van der Waals surface area contributed by atoms with Crippen molar-refractivity contribution >= 4 is 50.8 Å². The van der Waals surface area contributed by atoms with Gasteiger partial charge in [-0.2, -0.15) is 11.8 Å². The van der Waals surface area contributed by atoms with Gasteiger partial charge in [-0.25, -0.2) is 4.98 Å². The van der Waals surface area contributed by atoms with E-state index in [9.17, 15) is 9.59 Å². The molecule has 0 aliphatic heterocycles. The van der Waals surface area contributed by atoms with Crippen molar-refractivity contribution in [2.24, 2.45) is 0 Å². The number of amides is 1. The zero-order valence-electron chi connectivity index (χ0n) is 18.2. The van der Waals surface area contributed by atoms with E-state index in [-0.39, 0.29) is 17.5 Å². The van der Waals surface area contributed by atoms with Crippen molar-refractivity contribution in [1.29, 1.82) is 0 Å². The molecule has 3 aromatic rings. The Morgan fingerprint density at radius 2 is 2.16 bits per heavy atom. The molecule has 9 heteroatoms. The summed E-state index contributed by atoms with van der Waals surface area (Å²) < 4.78 is 0. The number of hydrogen-bond donors (Lipinski definition) is 2. The van der Waals surface area contributed by atoms with Crippen LogP contribution in [-0.2, 0) is 23.4 Å². The molecule has 1 aromatic carbocycles. The second-order valence-corrected chi connectivity index (χ2v) is 10.8. The number of hydrogen-bond acceptors (Lipinski definition) is 6. The van der Waals surface area contributed by atoms with E-state index in [1.807, 2.05) is 38.4 Å². The van der Waals surface area contributed by atoms with Crippen LogP contribution in [0.3, 0.4) is 0 Å². The average molecular weight is 491 g/mol. The zero-order chi connectivity index (χ0) is 22.7. The van der Waals surface area contributed by atoms with Gasteiger partial charge in [0.05, 0.1) is 17.2 Å². The lowest BCUT2D eigenvalue weighted by atomic mass is 10.1. The predicted octanol–water partition coefficient (Wildman–Crippen LogP) is 4.17. The van der Waals surface area contributed by atoms with Gasteiger partial charge in [0, 0.05) is 28.6 Å². The van der Waals surface area contributed by atoms with Gasteiger partial charge < -0.3 is 15.2 Å². The van der Waals surface area contributed by atoms with Crippen LogP contribution in [-0.4, -0.2) is 47.2 Å². The lowest BCUT2D eigenvalue weighted by Crippen LogP contribution is -2.34. The first kappa shape index (κ1) is 23.3. The number of benzene rings is 1. The third kappa shape index (κ3) is 5.20. The zero-order valence-corrected chi connectivity index (χ0v) is 20.6. The van der Waals surface area contributed by atoms with E-state index in [0.717, 1.165) is 35.0 Å². The number of aromatic nitrogens is 2. The highest BCUT2D eigenvalue weighted by molar-refractivity contribution is 7.98. The van der Waals surface area contributed by atoms with Crippen molar-refractivity contribution in [2.75, 3.05) is 26.4 Å². The fraction of sp³-hybridized carbons (Fsp3) is 0.435. The fourth-order valence-corrected chi connectivity index (χ4v) is 6.41. The van der Waals surface area contributed by atoms with E-state index in [0.29, 0.717) is 35.3 Å². The largest absolute Gasteiger partial charge is 0.354 e. The van der Waals surface area contributed by atoms with E-state index < -0.39 is 0 Å². The number of likely N-dealkylation sites (N-methyl/N-ethyl adjacent to an activating group) is 1. The van der Waals surface area contributed by atoms with E-state index >= 15 is 0 Å². The molecular formula is C23H27ClN4O2S2. The van der Waals surface area contributed by atoms with E-state index in [2.05, 4.69) is 20.2 Å². The number of aryl methyl sites for hydroxylation is 2. The molecule has 0 saturated carbocycles. The van der Waals surface area contributed by atoms with Crippen molar-refractivity contribution < 1.29 is 4.79 Å². The first-order valence-electron chi connectivity index (χ1n) is 10.7. The Balaban J connectivity index is 1.26. The van der Waals surface area contributed by atoms with E-state index in [1.54, 1.807) is 23.1 Å². The summed E-state index contributed by atoms with van der Waals surface area (Å²) in [7, 11) is 3.95. The molecular weight excluding hydrogens is 464 g/mol. The fourth-order valence-electron chi connectivity index (χ4n) is 4.06. The number of aromatic amines is 1. The second-order valence-electron chi connectivity index (χ2n) is 8.16. The number of nitrogens with one attached hydrogen (secondary N) is 2. The van der Waals surface area contributed by atoms with Crippen molar-refractivity contribution in [3.63, 3.8) is 0 Å². The van der Waals surface area contributed by atoms with Crippen LogP contribution in [0, 0.1) is 0 Å². The number of halogens is 1. The second kappa shape index (κ2) is 10.4. The Labute approximate surface area is 200 Å². The van der Waals surface area contributed by atoms with Crippen LogP contribution in [0.5, 0.6) is 0 Å². The minimum atomic E-state index is -0.0305. The molecule has 170 valence electrons. The summed E-state index contributed by atoms with van der Waals surface area (Å²) in [5, 5.41) is 4.50. The Hall–Kier alpha value is -1.87. The number of H-pyrrole nitrogens is 1. The van der Waals surface area contributed by atoms with Crippen molar-refractivity contribution in [3.8, 4) is 0 Å². The lowest BCUT2D eigenvalue weighted by molar-refractivity contribution is -0.120. The maximum Gasteiger partial charge on any atom is 0.259 e. The molecule has 1 aliphatic rings. The SMILES string of the molecule is CN(C)C(CNC(=O)CCSCc1nc2sc3c(c2c(=O)[nH]1)CCC3)c1ccccc1Cl. The Bertz CT molecular complexity index is 1170. The minimum Gasteiger partial charge on any atom is -0.354 e. The number of thiophene rings is 1. The maximum absolute atomic E-state index is 12.5. The van der Waals surface area contributed by atoms with Crippen LogP contribution in [0.1, 0.15) is 40.7 Å². The van der Waals surface area contributed by atoms with Gasteiger partial charge in [0.1, 0.15) is 10.7 Å². The quantitative estimate of drug-likeness (QED) is 0.440. The number of fused-ring (bicyclic) bond motifs is 3. The van der Waals surface area contributed by atoms with Gasteiger partial charge >= 0.3 is 0 Å². The summed E-state index contributed by atoms with van der Waals surface area (Å²) in [5.74, 6) is 1.93. The van der Waals surface area contributed by atoms with Crippen molar-refractivity contribution in [3.05, 3.63) is 61.5 Å². The standard InChI is InChI=1S/C23H27ClN4O2S2/c1-28(2)17(14-6-3-4-8-16(14)24)12-25-20(29)10-11-31-13-19-26-22(30)21-15-7-5-9-18(15)32-23(21)27-19/h3-4,6,8,17H,5,7,9-13H2,1-2H3,(H,25,29)(H,26,27,30). The Morgan fingerprint density at radius 1 is 1.34 bits per heavy atom. The first-order valence-corrected chi connectivity index (χ1v) is 13.1. The van der Waals surface area contributed by atoms with E-state index in [4.69, 9.17) is 11.6 Å². The molecule has 1 unspecified atom stereocenters. The summed E-state index contributed by atoms with van der Waals surface area (Å²) in [5.41, 5.74) is 2.17. The van der Waals surface area contributed by atoms with Gasteiger partial charge in [0.25, 0.3) is 5.56 Å². The van der Waals surface area contributed by atoms with Crippen LogP contribution in [0.15, 0.2) is 29.1 Å². The molecule has 6 nitrogen and oxygen atoms in total. The third-order valence-corrected chi connectivity index (χ3v) is 8.22. The van der Waals surface area contributed by atoms with Crippen LogP contribution >= 0.6 is 34.7 Å². The molecule has 0 saturated heterocycles. The molecule has 0 fully saturated rings. The van der Waals surface area contributed by atoms with Crippen LogP contribution < -0.4 is 10.9 Å². The highest BCUT2D eigenvalue weighted by Gasteiger charge is 2.21. The molecule has 1 atom stereocenters. The number of rotatable bonds is 9. The van der Waals surface area contributed by atoms with Gasteiger partial charge in [-0.15, -0.1) is 11.3 Å². The van der Waals surface area contributed by atoms with Crippen LogP contribution in [0.25, 0.3) is 10.2 Å². The van der Waals surface area contributed by atoms with E-state index in [1.165, 1.54) is 10.4 Å². The van der Waals surface area contributed by atoms with Gasteiger partial charge in [-0.05, 0) is 50.6 Å². The molecule has 0 bridgehead atoms. The van der Waals surface area contributed by atoms with Gasteiger partial charge in [-0.3, -0.25) is 9.59 Å². The van der Waals surface area contributed by atoms with Crippen molar-refractivity contribution in [2.45, 2.75) is 37.5 Å². The Kier molecular flexibility index (Phi) is 7.55. The molecule has 0 spiro atoms.